The van der Waals surface area contributed by atoms with E-state index in [1.165, 1.54) is 31.2 Å². The minimum Gasteiger partial charge on any atom is -0.383 e. The van der Waals surface area contributed by atoms with E-state index in [9.17, 15) is 0 Å². The average molecular weight is 247 g/mol. The van der Waals surface area contributed by atoms with Gasteiger partial charge in [0.2, 0.25) is 0 Å². The molecule has 1 aliphatic rings. The Labute approximate surface area is 111 Å². The number of rotatable bonds is 6. The Hall–Kier alpha value is -0.860. The standard InChI is InChI=1S/C16H25NO/c1-13(14-8-6-7-9-14)17-16(12-18-2)15-10-4-3-5-11-15/h3-5,10-11,13-14,16-17H,6-9,12H2,1-2H3/t13-,16?/m0/s1. The highest BCUT2D eigenvalue weighted by Crippen LogP contribution is 2.28. The van der Waals surface area contributed by atoms with Gasteiger partial charge in [-0.15, -0.1) is 0 Å². The van der Waals surface area contributed by atoms with Crippen LogP contribution in [0.1, 0.15) is 44.2 Å². The van der Waals surface area contributed by atoms with Crippen molar-refractivity contribution in [1.82, 2.24) is 5.32 Å². The molecule has 0 amide bonds. The molecule has 18 heavy (non-hydrogen) atoms. The fourth-order valence-corrected chi connectivity index (χ4v) is 3.00. The lowest BCUT2D eigenvalue weighted by Crippen LogP contribution is -2.37. The minimum atomic E-state index is 0.312. The van der Waals surface area contributed by atoms with Crippen LogP contribution in [0, 0.1) is 5.92 Å². The van der Waals surface area contributed by atoms with Crippen molar-refractivity contribution in [3.05, 3.63) is 35.9 Å². The van der Waals surface area contributed by atoms with Crippen LogP contribution in [0.2, 0.25) is 0 Å². The van der Waals surface area contributed by atoms with Gasteiger partial charge < -0.3 is 10.1 Å². The van der Waals surface area contributed by atoms with Gasteiger partial charge in [0, 0.05) is 13.2 Å². The van der Waals surface area contributed by atoms with Gasteiger partial charge in [-0.3, -0.25) is 0 Å². The van der Waals surface area contributed by atoms with Gasteiger partial charge in [-0.05, 0) is 31.2 Å². The van der Waals surface area contributed by atoms with Crippen LogP contribution in [0.5, 0.6) is 0 Å². The normalized spacial score (nSPS) is 19.9. The molecule has 0 saturated heterocycles. The van der Waals surface area contributed by atoms with E-state index in [-0.39, 0.29) is 0 Å². The van der Waals surface area contributed by atoms with Gasteiger partial charge in [-0.25, -0.2) is 0 Å². The number of nitrogens with one attached hydrogen (secondary N) is 1. The number of hydrogen-bond donors (Lipinski definition) is 1. The minimum absolute atomic E-state index is 0.312. The van der Waals surface area contributed by atoms with Gasteiger partial charge in [-0.1, -0.05) is 43.2 Å². The molecular formula is C16H25NO. The summed E-state index contributed by atoms with van der Waals surface area (Å²) in [4.78, 5) is 0. The maximum atomic E-state index is 5.36. The molecule has 100 valence electrons. The van der Waals surface area contributed by atoms with Gasteiger partial charge >= 0.3 is 0 Å². The fraction of sp³-hybridized carbons (Fsp3) is 0.625. The van der Waals surface area contributed by atoms with Gasteiger partial charge in [0.15, 0.2) is 0 Å². The summed E-state index contributed by atoms with van der Waals surface area (Å²) in [5.41, 5.74) is 1.32. The Kier molecular flexibility index (Phi) is 5.21. The van der Waals surface area contributed by atoms with Crippen molar-refractivity contribution in [3.63, 3.8) is 0 Å². The van der Waals surface area contributed by atoms with Crippen LogP contribution >= 0.6 is 0 Å². The third-order valence-electron chi connectivity index (χ3n) is 4.11. The molecular weight excluding hydrogens is 222 g/mol. The summed E-state index contributed by atoms with van der Waals surface area (Å²) in [5.74, 6) is 0.841. The van der Waals surface area contributed by atoms with Crippen molar-refractivity contribution in [3.8, 4) is 0 Å². The van der Waals surface area contributed by atoms with Gasteiger partial charge in [-0.2, -0.15) is 0 Å². The molecule has 2 nitrogen and oxygen atoms in total. The highest BCUT2D eigenvalue weighted by molar-refractivity contribution is 5.19. The summed E-state index contributed by atoms with van der Waals surface area (Å²) < 4.78 is 5.36. The largest absolute Gasteiger partial charge is 0.383 e. The summed E-state index contributed by atoms with van der Waals surface area (Å²) >= 11 is 0. The highest BCUT2D eigenvalue weighted by atomic mass is 16.5. The van der Waals surface area contributed by atoms with Crippen LogP contribution in [-0.4, -0.2) is 19.8 Å². The van der Waals surface area contributed by atoms with Crippen molar-refractivity contribution in [2.24, 2.45) is 5.92 Å². The summed E-state index contributed by atoms with van der Waals surface area (Å²) in [5, 5.41) is 3.75. The third-order valence-corrected chi connectivity index (χ3v) is 4.11. The first kappa shape index (κ1) is 13.6. The van der Waals surface area contributed by atoms with E-state index < -0.39 is 0 Å². The summed E-state index contributed by atoms with van der Waals surface area (Å²) in [7, 11) is 1.78. The lowest BCUT2D eigenvalue weighted by atomic mass is 9.97. The Morgan fingerprint density at radius 2 is 1.89 bits per heavy atom. The zero-order valence-corrected chi connectivity index (χ0v) is 11.6. The molecule has 1 aliphatic carbocycles. The van der Waals surface area contributed by atoms with Gasteiger partial charge in [0.05, 0.1) is 12.6 Å². The van der Waals surface area contributed by atoms with E-state index in [2.05, 4.69) is 42.6 Å². The molecule has 2 heteroatoms. The van der Waals surface area contributed by atoms with Crippen LogP contribution in [0.3, 0.4) is 0 Å². The zero-order chi connectivity index (χ0) is 12.8. The molecule has 1 N–H and O–H groups in total. The molecule has 0 heterocycles. The van der Waals surface area contributed by atoms with Crippen molar-refractivity contribution in [2.45, 2.75) is 44.7 Å². The van der Waals surface area contributed by atoms with E-state index in [4.69, 9.17) is 4.74 Å². The zero-order valence-electron chi connectivity index (χ0n) is 11.6. The maximum Gasteiger partial charge on any atom is 0.0657 e. The van der Waals surface area contributed by atoms with Crippen LogP contribution in [0.4, 0.5) is 0 Å². The number of methoxy groups -OCH3 is 1. The molecule has 0 bridgehead atoms. The smallest absolute Gasteiger partial charge is 0.0657 e. The first-order valence-corrected chi connectivity index (χ1v) is 7.11. The summed E-state index contributed by atoms with van der Waals surface area (Å²) in [6.45, 7) is 3.06. The fourth-order valence-electron chi connectivity index (χ4n) is 3.00. The van der Waals surface area contributed by atoms with E-state index in [0.29, 0.717) is 12.1 Å². The number of ether oxygens (including phenoxy) is 1. The second-order valence-electron chi connectivity index (χ2n) is 5.42. The van der Waals surface area contributed by atoms with E-state index >= 15 is 0 Å². The third kappa shape index (κ3) is 3.56. The predicted molar refractivity (Wildman–Crippen MR) is 75.6 cm³/mol. The van der Waals surface area contributed by atoms with Crippen molar-refractivity contribution in [2.75, 3.05) is 13.7 Å². The molecule has 1 aromatic rings. The highest BCUT2D eigenvalue weighted by Gasteiger charge is 2.24. The Morgan fingerprint density at radius 3 is 2.50 bits per heavy atom. The monoisotopic (exact) mass is 247 g/mol. The molecule has 1 saturated carbocycles. The topological polar surface area (TPSA) is 21.3 Å². The summed E-state index contributed by atoms with van der Waals surface area (Å²) in [6.07, 6.45) is 5.55. The predicted octanol–water partition coefficient (Wildman–Crippen LogP) is 3.54. The lowest BCUT2D eigenvalue weighted by Gasteiger charge is -2.27. The quantitative estimate of drug-likeness (QED) is 0.830. The molecule has 0 aliphatic heterocycles. The van der Waals surface area contributed by atoms with Gasteiger partial charge in [0.1, 0.15) is 0 Å². The Morgan fingerprint density at radius 1 is 1.22 bits per heavy atom. The average Bonchev–Trinajstić information content (AvgIpc) is 2.93. The number of benzene rings is 1. The lowest BCUT2D eigenvalue weighted by molar-refractivity contribution is 0.156. The molecule has 2 atom stereocenters. The van der Waals surface area contributed by atoms with Gasteiger partial charge in [0.25, 0.3) is 0 Å². The SMILES string of the molecule is COCC(N[C@@H](C)C1CCCC1)c1ccccc1. The van der Waals surface area contributed by atoms with E-state index in [1.54, 1.807) is 7.11 Å². The molecule has 1 fully saturated rings. The molecule has 0 aromatic heterocycles. The van der Waals surface area contributed by atoms with E-state index in [1.807, 2.05) is 0 Å². The van der Waals surface area contributed by atoms with Crippen molar-refractivity contribution in [1.29, 1.82) is 0 Å². The van der Waals surface area contributed by atoms with Crippen LogP contribution < -0.4 is 5.32 Å². The Bertz CT molecular complexity index is 332. The Balaban J connectivity index is 1.97. The summed E-state index contributed by atoms with van der Waals surface area (Å²) in [6, 6.07) is 11.5. The molecule has 2 rings (SSSR count). The van der Waals surface area contributed by atoms with Crippen LogP contribution in [-0.2, 0) is 4.74 Å². The molecule has 0 spiro atoms. The molecule has 1 aromatic carbocycles. The van der Waals surface area contributed by atoms with Crippen LogP contribution in [0.25, 0.3) is 0 Å². The first-order chi connectivity index (χ1) is 8.81. The van der Waals surface area contributed by atoms with Crippen molar-refractivity contribution < 1.29 is 4.74 Å². The van der Waals surface area contributed by atoms with Crippen LogP contribution in [0.15, 0.2) is 30.3 Å². The second-order valence-corrected chi connectivity index (χ2v) is 5.42. The molecule has 0 radical (unpaired) electrons. The number of hydrogen-bond acceptors (Lipinski definition) is 2. The first-order valence-electron chi connectivity index (χ1n) is 7.11. The van der Waals surface area contributed by atoms with Crippen molar-refractivity contribution >= 4 is 0 Å². The second kappa shape index (κ2) is 6.91. The van der Waals surface area contributed by atoms with E-state index in [0.717, 1.165) is 12.5 Å². The molecule has 1 unspecified atom stereocenters. The maximum absolute atomic E-state index is 5.36.